The average Bonchev–Trinajstić information content (AvgIpc) is 2.81. The fourth-order valence-corrected chi connectivity index (χ4v) is 2.80. The fraction of sp³-hybridized carbons (Fsp3) is 0.417. The van der Waals surface area contributed by atoms with Gasteiger partial charge in [-0.3, -0.25) is 0 Å². The van der Waals surface area contributed by atoms with Gasteiger partial charge in [0.2, 0.25) is 6.08 Å². The Hall–Kier alpha value is -1.13. The smallest absolute Gasteiger partial charge is 0.211 e. The van der Waals surface area contributed by atoms with Crippen molar-refractivity contribution in [3.05, 3.63) is 33.6 Å². The van der Waals surface area contributed by atoms with Crippen LogP contribution in [0.4, 0.5) is 13.2 Å². The molecule has 6 heteroatoms. The number of carbonyl (C=O) groups excluding carboxylic acids is 1. The maximum absolute atomic E-state index is 13.8. The number of halogens is 4. The first kappa shape index (κ1) is 13.3. The van der Waals surface area contributed by atoms with Gasteiger partial charge >= 0.3 is 0 Å². The van der Waals surface area contributed by atoms with E-state index in [1.165, 1.54) is 6.08 Å². The minimum Gasteiger partial charge on any atom is -0.211 e. The molecule has 1 saturated carbocycles. The van der Waals surface area contributed by atoms with Crippen molar-refractivity contribution in [2.45, 2.75) is 31.2 Å². The number of benzene rings is 1. The molecule has 0 aromatic heterocycles. The summed E-state index contributed by atoms with van der Waals surface area (Å²) < 4.78 is 40.3. The first-order chi connectivity index (χ1) is 8.52. The molecule has 0 atom stereocenters. The standard InChI is InChI=1S/C12H9BrF3NO/c13-8-5-7(9(14)11(16)10(8)15)12(17-6-18)3-1-2-4-12/h5H,1-4H2. The molecule has 0 N–H and O–H groups in total. The van der Waals surface area contributed by atoms with Crippen molar-refractivity contribution in [1.29, 1.82) is 0 Å². The van der Waals surface area contributed by atoms with Crippen molar-refractivity contribution in [3.63, 3.8) is 0 Å². The van der Waals surface area contributed by atoms with Crippen LogP contribution in [-0.4, -0.2) is 6.08 Å². The van der Waals surface area contributed by atoms with E-state index in [1.54, 1.807) is 0 Å². The average molecular weight is 320 g/mol. The summed E-state index contributed by atoms with van der Waals surface area (Å²) in [6.07, 6.45) is 3.76. The third-order valence-corrected chi connectivity index (χ3v) is 3.87. The summed E-state index contributed by atoms with van der Waals surface area (Å²) in [5.74, 6) is -4.11. The lowest BCUT2D eigenvalue weighted by Gasteiger charge is -2.24. The van der Waals surface area contributed by atoms with Gasteiger partial charge in [0.25, 0.3) is 0 Å². The lowest BCUT2D eigenvalue weighted by molar-refractivity contribution is 0.391. The third-order valence-electron chi connectivity index (χ3n) is 3.29. The molecule has 2 nitrogen and oxygen atoms in total. The molecule has 1 aromatic carbocycles. The van der Waals surface area contributed by atoms with E-state index in [0.717, 1.165) is 18.9 Å². The van der Waals surface area contributed by atoms with Gasteiger partial charge in [0.1, 0.15) is 5.54 Å². The van der Waals surface area contributed by atoms with Gasteiger partial charge in [0, 0.05) is 5.56 Å². The van der Waals surface area contributed by atoms with Crippen LogP contribution in [-0.2, 0) is 10.3 Å². The Balaban J connectivity index is 2.66. The number of nitrogens with zero attached hydrogens (tertiary/aromatic N) is 1. The first-order valence-electron chi connectivity index (χ1n) is 5.44. The maximum atomic E-state index is 13.8. The van der Waals surface area contributed by atoms with E-state index in [-0.39, 0.29) is 10.0 Å². The van der Waals surface area contributed by atoms with E-state index in [2.05, 4.69) is 20.9 Å². The quantitative estimate of drug-likeness (QED) is 0.351. The highest BCUT2D eigenvalue weighted by atomic mass is 79.9. The topological polar surface area (TPSA) is 29.4 Å². The third kappa shape index (κ3) is 1.99. The molecule has 0 radical (unpaired) electrons. The van der Waals surface area contributed by atoms with Gasteiger partial charge < -0.3 is 0 Å². The maximum Gasteiger partial charge on any atom is 0.235 e. The molecule has 1 aliphatic carbocycles. The molecule has 0 amide bonds. The summed E-state index contributed by atoms with van der Waals surface area (Å²) in [5.41, 5.74) is -1.20. The summed E-state index contributed by atoms with van der Waals surface area (Å²) in [7, 11) is 0. The van der Waals surface area contributed by atoms with Crippen molar-refractivity contribution in [2.75, 3.05) is 0 Å². The molecule has 0 unspecified atom stereocenters. The van der Waals surface area contributed by atoms with Crippen molar-refractivity contribution in [3.8, 4) is 0 Å². The van der Waals surface area contributed by atoms with E-state index < -0.39 is 23.0 Å². The summed E-state index contributed by atoms with van der Waals surface area (Å²) >= 11 is 2.83. The number of isocyanates is 1. The van der Waals surface area contributed by atoms with E-state index in [4.69, 9.17) is 0 Å². The molecule has 1 aromatic rings. The van der Waals surface area contributed by atoms with Crippen LogP contribution in [0.5, 0.6) is 0 Å². The molecular weight excluding hydrogens is 311 g/mol. The van der Waals surface area contributed by atoms with Crippen LogP contribution >= 0.6 is 15.9 Å². The minimum absolute atomic E-state index is 0.0888. The summed E-state index contributed by atoms with van der Waals surface area (Å²) in [5, 5.41) is 0. The van der Waals surface area contributed by atoms with Crippen LogP contribution in [0.3, 0.4) is 0 Å². The normalized spacial score (nSPS) is 17.6. The van der Waals surface area contributed by atoms with Crippen LogP contribution in [0.1, 0.15) is 31.2 Å². The number of hydrogen-bond acceptors (Lipinski definition) is 2. The zero-order valence-electron chi connectivity index (χ0n) is 9.27. The van der Waals surface area contributed by atoms with Crippen LogP contribution in [0, 0.1) is 17.5 Å². The Labute approximate surface area is 110 Å². The van der Waals surface area contributed by atoms with E-state index in [0.29, 0.717) is 12.8 Å². The van der Waals surface area contributed by atoms with Crippen LogP contribution in [0.25, 0.3) is 0 Å². The van der Waals surface area contributed by atoms with Gasteiger partial charge in [-0.25, -0.2) is 18.0 Å². The van der Waals surface area contributed by atoms with Crippen LogP contribution in [0.15, 0.2) is 15.5 Å². The Morgan fingerprint density at radius 2 is 1.78 bits per heavy atom. The molecule has 0 saturated heterocycles. The van der Waals surface area contributed by atoms with Crippen molar-refractivity contribution in [1.82, 2.24) is 0 Å². The largest absolute Gasteiger partial charge is 0.235 e. The zero-order valence-corrected chi connectivity index (χ0v) is 10.9. The SMILES string of the molecule is O=C=NC1(c2cc(Br)c(F)c(F)c2F)CCCC1. The van der Waals surface area contributed by atoms with Gasteiger partial charge in [-0.2, -0.15) is 4.99 Å². The number of aliphatic imine (C=N–C) groups is 1. The minimum atomic E-state index is -1.55. The van der Waals surface area contributed by atoms with Crippen molar-refractivity contribution >= 4 is 22.0 Å². The highest BCUT2D eigenvalue weighted by molar-refractivity contribution is 9.10. The van der Waals surface area contributed by atoms with Crippen LogP contribution in [0.2, 0.25) is 0 Å². The molecule has 0 bridgehead atoms. The molecule has 18 heavy (non-hydrogen) atoms. The Morgan fingerprint density at radius 1 is 1.17 bits per heavy atom. The predicted octanol–water partition coefficient (Wildman–Crippen LogP) is 3.97. The number of rotatable bonds is 2. The highest BCUT2D eigenvalue weighted by Gasteiger charge is 2.39. The van der Waals surface area contributed by atoms with E-state index >= 15 is 0 Å². The lowest BCUT2D eigenvalue weighted by Crippen LogP contribution is -2.22. The second-order valence-electron chi connectivity index (χ2n) is 4.29. The Morgan fingerprint density at radius 3 is 2.33 bits per heavy atom. The fourth-order valence-electron chi connectivity index (χ4n) is 2.40. The molecule has 2 rings (SSSR count). The van der Waals surface area contributed by atoms with Crippen LogP contribution < -0.4 is 0 Å². The van der Waals surface area contributed by atoms with Gasteiger partial charge in [0.05, 0.1) is 4.47 Å². The summed E-state index contributed by atoms with van der Waals surface area (Å²) in [6, 6.07) is 1.15. The molecule has 96 valence electrons. The van der Waals surface area contributed by atoms with E-state index in [1.807, 2.05) is 0 Å². The zero-order chi connectivity index (χ0) is 13.3. The molecule has 1 aliphatic rings. The second kappa shape index (κ2) is 4.86. The number of hydrogen-bond donors (Lipinski definition) is 0. The highest BCUT2D eigenvalue weighted by Crippen LogP contribution is 2.44. The first-order valence-corrected chi connectivity index (χ1v) is 6.23. The predicted molar refractivity (Wildman–Crippen MR) is 62.3 cm³/mol. The molecule has 0 spiro atoms. The van der Waals surface area contributed by atoms with Gasteiger partial charge in [-0.15, -0.1) is 0 Å². The van der Waals surface area contributed by atoms with E-state index in [9.17, 15) is 18.0 Å². The summed E-state index contributed by atoms with van der Waals surface area (Å²) in [4.78, 5) is 14.1. The van der Waals surface area contributed by atoms with Crippen molar-refractivity contribution in [2.24, 2.45) is 4.99 Å². The monoisotopic (exact) mass is 319 g/mol. The van der Waals surface area contributed by atoms with Gasteiger partial charge in [-0.1, -0.05) is 12.8 Å². The molecular formula is C12H9BrF3NO. The molecule has 0 aliphatic heterocycles. The molecule has 0 heterocycles. The van der Waals surface area contributed by atoms with Gasteiger partial charge in [-0.05, 0) is 34.8 Å². The second-order valence-corrected chi connectivity index (χ2v) is 5.14. The lowest BCUT2D eigenvalue weighted by atomic mass is 9.88. The van der Waals surface area contributed by atoms with Crippen molar-refractivity contribution < 1.29 is 18.0 Å². The van der Waals surface area contributed by atoms with Gasteiger partial charge in [0.15, 0.2) is 17.5 Å². The summed E-state index contributed by atoms with van der Waals surface area (Å²) in [6.45, 7) is 0. The molecule has 1 fully saturated rings. The Kier molecular flexibility index (Phi) is 3.59. The Bertz CT molecular complexity index is 535.